The number of fused-ring (bicyclic) bond motifs is 1. The number of aromatic amines is 1. The minimum Gasteiger partial charge on any atom is -0.359 e. The van der Waals surface area contributed by atoms with Gasteiger partial charge < -0.3 is 45.0 Å². The van der Waals surface area contributed by atoms with Gasteiger partial charge in [0.1, 0.15) is 17.8 Å². The van der Waals surface area contributed by atoms with Crippen LogP contribution in [0.3, 0.4) is 0 Å². The van der Waals surface area contributed by atoms with Crippen molar-refractivity contribution >= 4 is 68.8 Å². The van der Waals surface area contributed by atoms with Crippen LogP contribution in [0.5, 0.6) is 0 Å². The molecule has 8 N–H and O–H groups in total. The van der Waals surface area contributed by atoms with Crippen molar-refractivity contribution in [2.24, 2.45) is 0 Å². The van der Waals surface area contributed by atoms with Crippen LogP contribution in [0.15, 0.2) is 15.8 Å². The van der Waals surface area contributed by atoms with Crippen LogP contribution in [0.4, 0.5) is 4.79 Å². The number of carbonyl (C=O) groups excluding carboxylic acids is 2. The first-order valence-corrected chi connectivity index (χ1v) is 24.0. The number of aryl methyl sites for hydroxylation is 1. The SMILES string of the molecule is Cc1cn([C@H]2CC(OC(CNC(=O)CCCCC3SCC4NC(=O)NC43)SSC(C)(C)C)[C@@H](COP(=O)(O)OP(=O)(O)OP(=O)(O)O)O2)c(=O)[nH]c1=O. The van der Waals surface area contributed by atoms with Gasteiger partial charge in [0, 0.05) is 40.4 Å². The number of nitrogens with zero attached hydrogens (tertiary/aromatic N) is 1. The summed E-state index contributed by atoms with van der Waals surface area (Å²) in [4.78, 5) is 88.5. The van der Waals surface area contributed by atoms with Gasteiger partial charge in [-0.15, -0.1) is 0 Å². The minimum absolute atomic E-state index is 0.0218. The number of aromatic nitrogens is 2. The number of ether oxygens (including phenoxy) is 2. The lowest BCUT2D eigenvalue weighted by atomic mass is 10.0. The predicted octanol–water partition coefficient (Wildman–Crippen LogP) is 2.21. The molecule has 0 saturated carbocycles. The predicted molar refractivity (Wildman–Crippen MR) is 195 cm³/mol. The van der Waals surface area contributed by atoms with Gasteiger partial charge in [-0.1, -0.05) is 48.8 Å². The number of hydrogen-bond acceptors (Lipinski definition) is 15. The third-order valence-electron chi connectivity index (χ3n) is 7.73. The molecule has 0 bridgehead atoms. The van der Waals surface area contributed by atoms with Crippen LogP contribution in [0.25, 0.3) is 0 Å². The maximum atomic E-state index is 12.9. The van der Waals surface area contributed by atoms with Gasteiger partial charge in [0.2, 0.25) is 5.91 Å². The lowest BCUT2D eigenvalue weighted by molar-refractivity contribution is -0.122. The maximum Gasteiger partial charge on any atom is 0.490 e. The first-order valence-electron chi connectivity index (χ1n) is 16.2. The molecule has 9 atom stereocenters. The van der Waals surface area contributed by atoms with Gasteiger partial charge in [0.25, 0.3) is 5.56 Å². The van der Waals surface area contributed by atoms with Gasteiger partial charge >= 0.3 is 35.2 Å². The number of carbonyl (C=O) groups is 2. The van der Waals surface area contributed by atoms with Crippen LogP contribution < -0.4 is 27.2 Å². The zero-order valence-electron chi connectivity index (χ0n) is 29.0. The van der Waals surface area contributed by atoms with E-state index in [0.717, 1.165) is 23.2 Å². The molecule has 3 saturated heterocycles. The van der Waals surface area contributed by atoms with E-state index in [2.05, 4.69) is 29.6 Å². The van der Waals surface area contributed by atoms with Crippen molar-refractivity contribution in [1.29, 1.82) is 0 Å². The van der Waals surface area contributed by atoms with E-state index in [1.54, 1.807) is 11.8 Å². The fraction of sp³-hybridized carbons (Fsp3) is 0.769. The summed E-state index contributed by atoms with van der Waals surface area (Å²) in [5.74, 6) is 0.612. The van der Waals surface area contributed by atoms with E-state index in [0.29, 0.717) is 6.42 Å². The summed E-state index contributed by atoms with van der Waals surface area (Å²) >= 11 is 1.79. The number of amides is 3. The van der Waals surface area contributed by atoms with Crippen molar-refractivity contribution in [2.75, 3.05) is 18.9 Å². The van der Waals surface area contributed by atoms with Crippen LogP contribution in [-0.4, -0.2) is 99.7 Å². The monoisotopic (exact) mass is 871 g/mol. The van der Waals surface area contributed by atoms with Gasteiger partial charge in [-0.05, 0) is 19.8 Å². The normalized spacial score (nSPS) is 27.4. The molecule has 27 heteroatoms. The molecule has 3 aliphatic heterocycles. The first-order chi connectivity index (χ1) is 24.5. The van der Waals surface area contributed by atoms with E-state index in [-0.39, 0.29) is 59.0 Å². The van der Waals surface area contributed by atoms with E-state index in [9.17, 15) is 42.7 Å². The van der Waals surface area contributed by atoms with E-state index < -0.39 is 65.2 Å². The third kappa shape index (κ3) is 14.4. The Hall–Kier alpha value is -1.20. The molecular formula is C26H44N5O16P3S3. The lowest BCUT2D eigenvalue weighted by Crippen LogP contribution is -2.37. The van der Waals surface area contributed by atoms with Crippen LogP contribution in [0.1, 0.15) is 64.7 Å². The number of unbranched alkanes of at least 4 members (excludes halogenated alkanes) is 1. The number of rotatable bonds is 19. The summed E-state index contributed by atoms with van der Waals surface area (Å²) < 4.78 is 60.8. The number of nitrogens with one attached hydrogen (secondary N) is 4. The second-order valence-electron chi connectivity index (χ2n) is 13.3. The zero-order chi connectivity index (χ0) is 39.4. The average molecular weight is 872 g/mol. The molecular weight excluding hydrogens is 827 g/mol. The topological polar surface area (TPSA) is 303 Å². The van der Waals surface area contributed by atoms with Crippen LogP contribution in [0, 0.1) is 6.92 Å². The van der Waals surface area contributed by atoms with E-state index in [1.807, 2.05) is 20.8 Å². The summed E-state index contributed by atoms with van der Waals surface area (Å²) in [5.41, 5.74) is -2.02. The Bertz CT molecular complexity index is 1740. The summed E-state index contributed by atoms with van der Waals surface area (Å²) in [6, 6.07) is 0.0343. The molecule has 7 unspecified atom stereocenters. The van der Waals surface area contributed by atoms with E-state index >= 15 is 0 Å². The highest BCUT2D eigenvalue weighted by Gasteiger charge is 2.45. The number of urea groups is 1. The van der Waals surface area contributed by atoms with Crippen molar-refractivity contribution in [3.8, 4) is 0 Å². The smallest absolute Gasteiger partial charge is 0.359 e. The fourth-order valence-electron chi connectivity index (χ4n) is 5.49. The van der Waals surface area contributed by atoms with E-state index in [1.165, 1.54) is 34.7 Å². The maximum absolute atomic E-state index is 12.9. The highest BCUT2D eigenvalue weighted by atomic mass is 33.1. The molecule has 53 heavy (non-hydrogen) atoms. The standard InChI is InChI=1S/C26H44N5O16P3S3/c1-14-11-31(25(35)30-23(14)33)20-9-16(17(44-20)12-43-49(39,40)47-50(41,42)46-48(36,37)38)45-21(52-53-26(2,3)4)10-27-19(32)8-6-5-7-18-22-15(13-51-18)28-24(34)29-22/h11,15-18,20-22H,5-10,12-13H2,1-4H3,(H,27,32)(H,39,40)(H,41,42)(H2,28,29,34)(H,30,33,35)(H2,36,37,38)/t15?,16?,17-,18?,20-,21?,22?/m1/s1. The summed E-state index contributed by atoms with van der Waals surface area (Å²) in [6.45, 7) is 6.50. The number of thioether (sulfide) groups is 1. The molecule has 0 radical (unpaired) electrons. The van der Waals surface area contributed by atoms with Crippen molar-refractivity contribution in [3.63, 3.8) is 0 Å². The molecule has 0 spiro atoms. The number of phosphoric ester groups is 1. The number of H-pyrrole nitrogens is 1. The van der Waals surface area contributed by atoms with Gasteiger partial charge in [-0.25, -0.2) is 23.3 Å². The Morgan fingerprint density at radius 1 is 1.11 bits per heavy atom. The fourth-order valence-corrected chi connectivity index (χ4v) is 12.3. The first kappa shape index (κ1) is 44.5. The highest BCUT2D eigenvalue weighted by molar-refractivity contribution is 8.77. The number of phosphoric acid groups is 3. The van der Waals surface area contributed by atoms with Gasteiger partial charge in [-0.3, -0.25) is 23.7 Å². The van der Waals surface area contributed by atoms with Gasteiger partial charge in [0.05, 0.1) is 31.3 Å². The molecule has 1 aromatic rings. The minimum atomic E-state index is -5.80. The van der Waals surface area contributed by atoms with E-state index in [4.69, 9.17) is 23.8 Å². The molecule has 0 aromatic carbocycles. The highest BCUT2D eigenvalue weighted by Crippen LogP contribution is 2.66. The lowest BCUT2D eigenvalue weighted by Gasteiger charge is -2.27. The van der Waals surface area contributed by atoms with Gasteiger partial charge in [0.15, 0.2) is 0 Å². The van der Waals surface area contributed by atoms with Crippen LogP contribution in [0.2, 0.25) is 0 Å². The van der Waals surface area contributed by atoms with Crippen molar-refractivity contribution in [2.45, 2.75) is 106 Å². The molecule has 3 amide bonds. The Labute approximate surface area is 316 Å². The average Bonchev–Trinajstić information content (AvgIpc) is 3.69. The summed E-state index contributed by atoms with van der Waals surface area (Å²) in [5, 5.41) is 8.99. The molecule has 4 rings (SSSR count). The van der Waals surface area contributed by atoms with Crippen LogP contribution in [-0.2, 0) is 41.1 Å². The quantitative estimate of drug-likeness (QED) is 0.0325. The Balaban J connectivity index is 1.41. The molecule has 1 aromatic heterocycles. The molecule has 4 heterocycles. The largest absolute Gasteiger partial charge is 0.490 e. The molecule has 3 aliphatic rings. The van der Waals surface area contributed by atoms with Crippen molar-refractivity contribution in [3.05, 3.63) is 32.6 Å². The Morgan fingerprint density at radius 3 is 2.51 bits per heavy atom. The Kier molecular flexibility index (Phi) is 15.4. The molecule has 21 nitrogen and oxygen atoms in total. The van der Waals surface area contributed by atoms with Crippen molar-refractivity contribution < 1.29 is 65.5 Å². The summed E-state index contributed by atoms with van der Waals surface area (Å²) in [6.07, 6.45) is 0.271. The Morgan fingerprint density at radius 2 is 1.83 bits per heavy atom. The molecule has 302 valence electrons. The second-order valence-corrected chi connectivity index (χ2v) is 22.2. The molecule has 3 fully saturated rings. The van der Waals surface area contributed by atoms with Gasteiger partial charge in [-0.2, -0.15) is 20.4 Å². The molecule has 0 aliphatic carbocycles. The van der Waals surface area contributed by atoms with Crippen molar-refractivity contribution in [1.82, 2.24) is 25.5 Å². The number of hydrogen-bond donors (Lipinski definition) is 8. The van der Waals surface area contributed by atoms with Crippen LogP contribution >= 0.6 is 56.8 Å². The zero-order valence-corrected chi connectivity index (χ0v) is 34.1. The second kappa shape index (κ2) is 18.4. The summed E-state index contributed by atoms with van der Waals surface area (Å²) in [7, 11) is -14.2. The third-order valence-corrected chi connectivity index (χ3v) is 16.6.